The van der Waals surface area contributed by atoms with Crippen molar-refractivity contribution in [3.05, 3.63) is 42.5 Å². The molecule has 1 rings (SSSR count). The summed E-state index contributed by atoms with van der Waals surface area (Å²) in [6.45, 7) is 2.17. The van der Waals surface area contributed by atoms with Gasteiger partial charge in [-0.25, -0.2) is 0 Å². The van der Waals surface area contributed by atoms with Gasteiger partial charge < -0.3 is 0 Å². The maximum Gasteiger partial charge on any atom is 0.0849 e. The number of hydrogen-bond donors (Lipinski definition) is 0. The first-order valence-electron chi connectivity index (χ1n) is 4.37. The van der Waals surface area contributed by atoms with Crippen LogP contribution in [-0.2, 0) is 0 Å². The van der Waals surface area contributed by atoms with Crippen molar-refractivity contribution in [1.29, 1.82) is 0 Å². The fraction of sp³-hybridized carbons (Fsp3) is 0.273. The summed E-state index contributed by atoms with van der Waals surface area (Å²) in [5.41, 5.74) is 0. The van der Waals surface area contributed by atoms with E-state index in [1.54, 1.807) is 0 Å². The highest BCUT2D eigenvalue weighted by Crippen LogP contribution is 1.88. The quantitative estimate of drug-likeness (QED) is 0.486. The first kappa shape index (κ1) is 9.27. The summed E-state index contributed by atoms with van der Waals surface area (Å²) in [6, 6.07) is 11.8. The molecule has 0 aromatic heterocycles. The minimum atomic E-state index is 0.928. The number of benzene rings is 1. The highest BCUT2D eigenvalue weighted by atomic mass is 28.2. The normalized spacial score (nSPS) is 10.8. The van der Waals surface area contributed by atoms with E-state index in [1.807, 2.05) is 0 Å². The van der Waals surface area contributed by atoms with Crippen LogP contribution in [0.1, 0.15) is 13.3 Å². The second-order valence-corrected chi connectivity index (χ2v) is 3.97. The lowest BCUT2D eigenvalue weighted by Gasteiger charge is -1.94. The van der Waals surface area contributed by atoms with Crippen LogP contribution in [0.15, 0.2) is 42.5 Å². The molecule has 1 aromatic rings. The molecule has 0 aliphatic heterocycles. The molecule has 0 aliphatic carbocycles. The van der Waals surface area contributed by atoms with E-state index in [0.29, 0.717) is 0 Å². The van der Waals surface area contributed by atoms with Crippen molar-refractivity contribution in [3.8, 4) is 0 Å². The molecule has 0 bridgehead atoms. The van der Waals surface area contributed by atoms with Crippen LogP contribution in [0.25, 0.3) is 0 Å². The van der Waals surface area contributed by atoms with E-state index >= 15 is 0 Å². The maximum absolute atomic E-state index is 2.27. The van der Waals surface area contributed by atoms with Gasteiger partial charge in [-0.3, -0.25) is 0 Å². The summed E-state index contributed by atoms with van der Waals surface area (Å²) in [6.07, 6.45) is 5.65. The minimum Gasteiger partial charge on any atom is -0.0913 e. The molecule has 0 N–H and O–H groups in total. The third-order valence-electron chi connectivity index (χ3n) is 1.60. The highest BCUT2D eigenvalue weighted by Gasteiger charge is 1.88. The zero-order valence-electron chi connectivity index (χ0n) is 7.46. The first-order chi connectivity index (χ1) is 5.93. The van der Waals surface area contributed by atoms with Crippen LogP contribution in [0.5, 0.6) is 0 Å². The van der Waals surface area contributed by atoms with Crippen LogP contribution in [0.2, 0.25) is 6.04 Å². The molecule has 0 unspecified atom stereocenters. The molecule has 0 heterocycles. The highest BCUT2D eigenvalue weighted by molar-refractivity contribution is 6.53. The zero-order valence-corrected chi connectivity index (χ0v) is 8.46. The minimum absolute atomic E-state index is 0.928. The average molecular weight is 174 g/mol. The number of rotatable bonds is 4. The molecular formula is C11H14Si. The molecule has 0 fully saturated rings. The molecule has 0 saturated heterocycles. The van der Waals surface area contributed by atoms with Crippen LogP contribution in [0.3, 0.4) is 0 Å². The molecule has 0 atom stereocenters. The van der Waals surface area contributed by atoms with E-state index in [-0.39, 0.29) is 0 Å². The Bertz CT molecular complexity index is 226. The summed E-state index contributed by atoms with van der Waals surface area (Å²) in [4.78, 5) is 0. The lowest BCUT2D eigenvalue weighted by molar-refractivity contribution is 1.22. The van der Waals surface area contributed by atoms with Gasteiger partial charge in [0.05, 0.1) is 9.52 Å². The number of allylic oxidation sites excluding steroid dienone is 2. The fourth-order valence-corrected chi connectivity index (χ4v) is 1.93. The fourth-order valence-electron chi connectivity index (χ4n) is 0.983. The Morgan fingerprint density at radius 1 is 1.17 bits per heavy atom. The Morgan fingerprint density at radius 3 is 2.58 bits per heavy atom. The summed E-state index contributed by atoms with van der Waals surface area (Å²) in [5, 5.41) is 1.46. The van der Waals surface area contributed by atoms with Gasteiger partial charge in [-0.15, -0.1) is 0 Å². The lowest BCUT2D eigenvalue weighted by atomic mass is 10.4. The molecule has 0 saturated carbocycles. The summed E-state index contributed by atoms with van der Waals surface area (Å²) in [7, 11) is 0.928. The van der Waals surface area contributed by atoms with Crippen molar-refractivity contribution in [2.45, 2.75) is 19.4 Å². The van der Waals surface area contributed by atoms with Crippen molar-refractivity contribution in [2.75, 3.05) is 0 Å². The van der Waals surface area contributed by atoms with Gasteiger partial charge in [-0.2, -0.15) is 0 Å². The van der Waals surface area contributed by atoms with Crippen LogP contribution in [-0.4, -0.2) is 9.52 Å². The van der Waals surface area contributed by atoms with Gasteiger partial charge in [0, 0.05) is 0 Å². The van der Waals surface area contributed by atoms with Crippen LogP contribution in [0.4, 0.5) is 0 Å². The van der Waals surface area contributed by atoms with E-state index in [9.17, 15) is 0 Å². The third-order valence-corrected chi connectivity index (χ3v) is 2.78. The molecule has 12 heavy (non-hydrogen) atoms. The SMILES string of the molecule is CC/C=C/C[Si]c1ccccc1. The Hall–Kier alpha value is -0.823. The van der Waals surface area contributed by atoms with Gasteiger partial charge >= 0.3 is 0 Å². The largest absolute Gasteiger partial charge is 0.0913 e. The topological polar surface area (TPSA) is 0 Å². The Kier molecular flexibility index (Phi) is 4.46. The number of hydrogen-bond acceptors (Lipinski definition) is 0. The molecule has 0 spiro atoms. The van der Waals surface area contributed by atoms with E-state index in [2.05, 4.69) is 49.4 Å². The molecule has 1 aromatic carbocycles. The Morgan fingerprint density at radius 2 is 1.92 bits per heavy atom. The predicted octanol–water partition coefficient (Wildman–Crippen LogP) is 2.40. The Labute approximate surface area is 77.1 Å². The van der Waals surface area contributed by atoms with Gasteiger partial charge in [-0.1, -0.05) is 54.6 Å². The van der Waals surface area contributed by atoms with Gasteiger partial charge in [0.1, 0.15) is 0 Å². The zero-order chi connectivity index (χ0) is 8.65. The van der Waals surface area contributed by atoms with Crippen molar-refractivity contribution < 1.29 is 0 Å². The van der Waals surface area contributed by atoms with Gasteiger partial charge in [0.25, 0.3) is 0 Å². The second kappa shape index (κ2) is 5.78. The smallest absolute Gasteiger partial charge is 0.0849 e. The van der Waals surface area contributed by atoms with E-state index in [4.69, 9.17) is 0 Å². The van der Waals surface area contributed by atoms with Crippen LogP contribution < -0.4 is 5.19 Å². The van der Waals surface area contributed by atoms with Crippen LogP contribution in [0, 0.1) is 0 Å². The van der Waals surface area contributed by atoms with E-state index < -0.39 is 0 Å². The summed E-state index contributed by atoms with van der Waals surface area (Å²) in [5.74, 6) is 0. The molecule has 0 amide bonds. The lowest BCUT2D eigenvalue weighted by Crippen LogP contribution is -2.11. The molecular weight excluding hydrogens is 160 g/mol. The van der Waals surface area contributed by atoms with Gasteiger partial charge in [-0.05, 0) is 12.5 Å². The maximum atomic E-state index is 2.27. The first-order valence-corrected chi connectivity index (χ1v) is 5.58. The molecule has 2 radical (unpaired) electrons. The molecule has 1 heteroatoms. The summed E-state index contributed by atoms with van der Waals surface area (Å²) < 4.78 is 0. The van der Waals surface area contributed by atoms with Crippen molar-refractivity contribution in [1.82, 2.24) is 0 Å². The van der Waals surface area contributed by atoms with Gasteiger partial charge in [0.15, 0.2) is 0 Å². The van der Waals surface area contributed by atoms with E-state index in [1.165, 1.54) is 11.2 Å². The van der Waals surface area contributed by atoms with Crippen molar-refractivity contribution in [3.63, 3.8) is 0 Å². The van der Waals surface area contributed by atoms with Gasteiger partial charge in [0.2, 0.25) is 0 Å². The monoisotopic (exact) mass is 174 g/mol. The Balaban J connectivity index is 2.29. The summed E-state index contributed by atoms with van der Waals surface area (Å²) >= 11 is 0. The average Bonchev–Trinajstić information content (AvgIpc) is 2.14. The van der Waals surface area contributed by atoms with Crippen LogP contribution >= 0.6 is 0 Å². The van der Waals surface area contributed by atoms with Crippen molar-refractivity contribution in [2.24, 2.45) is 0 Å². The predicted molar refractivity (Wildman–Crippen MR) is 56.1 cm³/mol. The second-order valence-electron chi connectivity index (χ2n) is 2.63. The van der Waals surface area contributed by atoms with E-state index in [0.717, 1.165) is 15.9 Å². The molecule has 0 nitrogen and oxygen atoms in total. The molecule has 62 valence electrons. The van der Waals surface area contributed by atoms with Crippen molar-refractivity contribution >= 4 is 14.7 Å². The third kappa shape index (κ3) is 3.53. The molecule has 0 aliphatic rings. The standard InChI is InChI=1S/C11H14Si/c1-2-3-7-10-12-11-8-5-4-6-9-11/h3-9H,2,10H2,1H3/b7-3+.